The first kappa shape index (κ1) is 18.1. The standard InChI is InChI=1S/C19H31N5O/c1-23(14-11-19(25)21-16-7-3-2-4-8-16)17-9-6-13-24(15-17)18-10-5-12-20-22-18/h5,10,12,16-17H,2-4,6-9,11,13-15H2,1H3,(H,21,25). The Morgan fingerprint density at radius 2 is 2.12 bits per heavy atom. The van der Waals surface area contributed by atoms with Crippen LogP contribution in [-0.4, -0.2) is 59.8 Å². The molecule has 25 heavy (non-hydrogen) atoms. The van der Waals surface area contributed by atoms with Crippen LogP contribution in [0, 0.1) is 0 Å². The quantitative estimate of drug-likeness (QED) is 0.856. The third-order valence-electron chi connectivity index (χ3n) is 5.56. The van der Waals surface area contributed by atoms with Gasteiger partial charge in [-0.3, -0.25) is 4.79 Å². The van der Waals surface area contributed by atoms with E-state index < -0.39 is 0 Å². The van der Waals surface area contributed by atoms with Gasteiger partial charge in [0.1, 0.15) is 0 Å². The molecule has 1 saturated heterocycles. The van der Waals surface area contributed by atoms with Gasteiger partial charge in [0.05, 0.1) is 0 Å². The number of nitrogens with one attached hydrogen (secondary N) is 1. The lowest BCUT2D eigenvalue weighted by Gasteiger charge is -2.38. The maximum atomic E-state index is 12.2. The topological polar surface area (TPSA) is 61.4 Å². The smallest absolute Gasteiger partial charge is 0.221 e. The predicted molar refractivity (Wildman–Crippen MR) is 99.5 cm³/mol. The number of amides is 1. The Labute approximate surface area is 151 Å². The Bertz CT molecular complexity index is 532. The second-order valence-electron chi connectivity index (χ2n) is 7.46. The van der Waals surface area contributed by atoms with Crippen LogP contribution in [0.1, 0.15) is 51.4 Å². The van der Waals surface area contributed by atoms with Gasteiger partial charge >= 0.3 is 0 Å². The summed E-state index contributed by atoms with van der Waals surface area (Å²) in [6.45, 7) is 2.81. The van der Waals surface area contributed by atoms with Crippen LogP contribution in [0.15, 0.2) is 18.3 Å². The summed E-state index contributed by atoms with van der Waals surface area (Å²) in [5, 5.41) is 11.4. The summed E-state index contributed by atoms with van der Waals surface area (Å²) >= 11 is 0. The first-order valence-electron chi connectivity index (χ1n) is 9.74. The lowest BCUT2D eigenvalue weighted by Crippen LogP contribution is -2.48. The van der Waals surface area contributed by atoms with E-state index in [2.05, 4.69) is 32.4 Å². The molecule has 1 unspecified atom stereocenters. The summed E-state index contributed by atoms with van der Waals surface area (Å²) in [5.41, 5.74) is 0. The number of rotatable bonds is 6. The van der Waals surface area contributed by atoms with E-state index in [9.17, 15) is 4.79 Å². The lowest BCUT2D eigenvalue weighted by molar-refractivity contribution is -0.122. The highest BCUT2D eigenvalue weighted by molar-refractivity contribution is 5.76. The van der Waals surface area contributed by atoms with Crippen molar-refractivity contribution in [2.24, 2.45) is 0 Å². The summed E-state index contributed by atoms with van der Waals surface area (Å²) in [6.07, 6.45) is 10.8. The third-order valence-corrected chi connectivity index (χ3v) is 5.56. The van der Waals surface area contributed by atoms with Gasteiger partial charge in [-0.05, 0) is 44.9 Å². The molecule has 1 atom stereocenters. The predicted octanol–water partition coefficient (Wildman–Crippen LogP) is 2.22. The van der Waals surface area contributed by atoms with Crippen molar-refractivity contribution in [1.82, 2.24) is 20.4 Å². The summed E-state index contributed by atoms with van der Waals surface area (Å²) < 4.78 is 0. The molecule has 2 aliphatic rings. The van der Waals surface area contributed by atoms with Gasteiger partial charge in [0.2, 0.25) is 5.91 Å². The summed E-state index contributed by atoms with van der Waals surface area (Å²) in [4.78, 5) is 16.9. The fraction of sp³-hybridized carbons (Fsp3) is 0.737. The summed E-state index contributed by atoms with van der Waals surface area (Å²) in [7, 11) is 2.14. The van der Waals surface area contributed by atoms with Gasteiger partial charge in [-0.1, -0.05) is 19.3 Å². The molecule has 2 fully saturated rings. The maximum Gasteiger partial charge on any atom is 0.221 e. The van der Waals surface area contributed by atoms with Crippen molar-refractivity contribution >= 4 is 11.7 Å². The number of likely N-dealkylation sites (N-methyl/N-ethyl adjacent to an activating group) is 1. The fourth-order valence-electron chi connectivity index (χ4n) is 3.99. The molecule has 6 nitrogen and oxygen atoms in total. The van der Waals surface area contributed by atoms with E-state index >= 15 is 0 Å². The molecule has 0 spiro atoms. The SMILES string of the molecule is CN(CCC(=O)NC1CCCCC1)C1CCCN(c2cccnn2)C1. The second kappa shape index (κ2) is 9.13. The average molecular weight is 345 g/mol. The molecule has 1 aromatic rings. The van der Waals surface area contributed by atoms with Gasteiger partial charge < -0.3 is 15.1 Å². The van der Waals surface area contributed by atoms with Crippen LogP contribution in [0.2, 0.25) is 0 Å². The molecule has 2 heterocycles. The number of anilines is 1. The number of piperidine rings is 1. The van der Waals surface area contributed by atoms with E-state index in [1.165, 1.54) is 25.7 Å². The molecular weight excluding hydrogens is 314 g/mol. The molecule has 1 aliphatic carbocycles. The Morgan fingerprint density at radius 3 is 2.88 bits per heavy atom. The molecule has 138 valence electrons. The molecule has 1 aromatic heterocycles. The lowest BCUT2D eigenvalue weighted by atomic mass is 9.95. The minimum absolute atomic E-state index is 0.209. The molecule has 0 bridgehead atoms. The van der Waals surface area contributed by atoms with E-state index in [0.717, 1.165) is 44.7 Å². The summed E-state index contributed by atoms with van der Waals surface area (Å²) in [6, 6.07) is 4.84. The molecule has 1 saturated carbocycles. The highest BCUT2D eigenvalue weighted by Crippen LogP contribution is 2.20. The van der Waals surface area contributed by atoms with Crippen molar-refractivity contribution in [2.75, 3.05) is 31.6 Å². The molecular formula is C19H31N5O. The van der Waals surface area contributed by atoms with Crippen molar-refractivity contribution in [3.05, 3.63) is 18.3 Å². The highest BCUT2D eigenvalue weighted by Gasteiger charge is 2.24. The van der Waals surface area contributed by atoms with Crippen molar-refractivity contribution in [1.29, 1.82) is 0 Å². The van der Waals surface area contributed by atoms with Gasteiger partial charge in [0.15, 0.2) is 5.82 Å². The van der Waals surface area contributed by atoms with Gasteiger partial charge in [0, 0.05) is 44.3 Å². The molecule has 1 aliphatic heterocycles. The number of hydrogen-bond acceptors (Lipinski definition) is 5. The highest BCUT2D eigenvalue weighted by atomic mass is 16.1. The molecule has 3 rings (SSSR count). The minimum Gasteiger partial charge on any atom is -0.354 e. The zero-order valence-corrected chi connectivity index (χ0v) is 15.4. The Hall–Kier alpha value is -1.69. The number of hydrogen-bond donors (Lipinski definition) is 1. The van der Waals surface area contributed by atoms with Gasteiger partial charge in [-0.15, -0.1) is 5.10 Å². The van der Waals surface area contributed by atoms with Crippen molar-refractivity contribution in [3.8, 4) is 0 Å². The van der Waals surface area contributed by atoms with Crippen molar-refractivity contribution in [3.63, 3.8) is 0 Å². The number of nitrogens with zero attached hydrogens (tertiary/aromatic N) is 4. The second-order valence-corrected chi connectivity index (χ2v) is 7.46. The molecule has 1 amide bonds. The van der Waals surface area contributed by atoms with Gasteiger partial charge in [0.25, 0.3) is 0 Å². The zero-order chi connectivity index (χ0) is 17.5. The van der Waals surface area contributed by atoms with Crippen LogP contribution in [0.25, 0.3) is 0 Å². The van der Waals surface area contributed by atoms with Crippen LogP contribution >= 0.6 is 0 Å². The van der Waals surface area contributed by atoms with Gasteiger partial charge in [-0.2, -0.15) is 5.10 Å². The van der Waals surface area contributed by atoms with E-state index in [0.29, 0.717) is 18.5 Å². The average Bonchev–Trinajstić information content (AvgIpc) is 2.68. The maximum absolute atomic E-state index is 12.2. The van der Waals surface area contributed by atoms with Crippen LogP contribution in [0.4, 0.5) is 5.82 Å². The number of carbonyl (C=O) groups excluding carboxylic acids is 1. The van der Waals surface area contributed by atoms with Crippen molar-refractivity contribution < 1.29 is 4.79 Å². The number of aromatic nitrogens is 2. The largest absolute Gasteiger partial charge is 0.354 e. The minimum atomic E-state index is 0.209. The Kier molecular flexibility index (Phi) is 6.62. The third kappa shape index (κ3) is 5.39. The number of carbonyl (C=O) groups is 1. The molecule has 6 heteroatoms. The molecule has 0 radical (unpaired) electrons. The molecule has 1 N–H and O–H groups in total. The van der Waals surface area contributed by atoms with E-state index in [1.807, 2.05) is 12.1 Å². The van der Waals surface area contributed by atoms with Crippen LogP contribution < -0.4 is 10.2 Å². The van der Waals surface area contributed by atoms with Crippen LogP contribution in [0.5, 0.6) is 0 Å². The van der Waals surface area contributed by atoms with Crippen molar-refractivity contribution in [2.45, 2.75) is 63.5 Å². The van der Waals surface area contributed by atoms with E-state index in [4.69, 9.17) is 0 Å². The monoisotopic (exact) mass is 345 g/mol. The fourth-order valence-corrected chi connectivity index (χ4v) is 3.99. The van der Waals surface area contributed by atoms with E-state index in [1.54, 1.807) is 6.20 Å². The normalized spacial score (nSPS) is 22.2. The summed E-state index contributed by atoms with van der Waals surface area (Å²) in [5.74, 6) is 1.16. The van der Waals surface area contributed by atoms with E-state index in [-0.39, 0.29) is 5.91 Å². The Morgan fingerprint density at radius 1 is 1.28 bits per heavy atom. The van der Waals surface area contributed by atoms with Crippen LogP contribution in [0.3, 0.4) is 0 Å². The first-order valence-corrected chi connectivity index (χ1v) is 9.74. The Balaban J connectivity index is 1.42. The van der Waals surface area contributed by atoms with Gasteiger partial charge in [-0.25, -0.2) is 0 Å². The van der Waals surface area contributed by atoms with Crippen LogP contribution in [-0.2, 0) is 4.79 Å². The molecule has 0 aromatic carbocycles. The first-order chi connectivity index (χ1) is 12.2. The zero-order valence-electron chi connectivity index (χ0n) is 15.4.